The zero-order chi connectivity index (χ0) is 10.8. The monoisotopic (exact) mass is 222 g/mol. The Bertz CT molecular complexity index is 339. The minimum atomic E-state index is -0.217. The highest BCUT2D eigenvalue weighted by molar-refractivity contribution is 5.24. The molecule has 0 aliphatic carbocycles. The van der Waals surface area contributed by atoms with Gasteiger partial charge in [-0.25, -0.2) is 0 Å². The normalized spacial score (nSPS) is 23.0. The van der Waals surface area contributed by atoms with E-state index in [9.17, 15) is 0 Å². The first kappa shape index (κ1) is 10.2. The topological polar surface area (TPSA) is 36.9 Å². The molecule has 0 bridgehead atoms. The standard InChI is InChI=1S/C12H14O4/c1-6-13-11(14-7-1)9-2-4-10(5-3-9)12-15-8-16-12/h2-5,11-12H,1,6-8H2. The molecule has 0 saturated carbocycles. The molecule has 3 rings (SSSR count). The molecule has 0 aromatic heterocycles. The van der Waals surface area contributed by atoms with Gasteiger partial charge in [-0.3, -0.25) is 0 Å². The summed E-state index contributed by atoms with van der Waals surface area (Å²) in [6.07, 6.45) is 0.562. The summed E-state index contributed by atoms with van der Waals surface area (Å²) in [6.45, 7) is 1.92. The van der Waals surface area contributed by atoms with Gasteiger partial charge in [-0.05, 0) is 6.42 Å². The van der Waals surface area contributed by atoms with Crippen LogP contribution in [0.5, 0.6) is 0 Å². The van der Waals surface area contributed by atoms with Crippen LogP contribution < -0.4 is 0 Å². The molecule has 2 fully saturated rings. The molecule has 86 valence electrons. The summed E-state index contributed by atoms with van der Waals surface area (Å²) in [6, 6.07) is 7.97. The molecule has 0 unspecified atom stereocenters. The van der Waals surface area contributed by atoms with Gasteiger partial charge in [-0.2, -0.15) is 0 Å². The van der Waals surface area contributed by atoms with Crippen LogP contribution >= 0.6 is 0 Å². The maximum absolute atomic E-state index is 5.52. The van der Waals surface area contributed by atoms with Gasteiger partial charge >= 0.3 is 0 Å². The van der Waals surface area contributed by atoms with Crippen LogP contribution in [0, 0.1) is 0 Å². The maximum atomic E-state index is 5.52. The minimum absolute atomic E-state index is 0.192. The minimum Gasteiger partial charge on any atom is -0.348 e. The second-order valence-electron chi connectivity index (χ2n) is 3.88. The van der Waals surface area contributed by atoms with Crippen molar-refractivity contribution in [3.05, 3.63) is 35.4 Å². The number of ether oxygens (including phenoxy) is 4. The number of rotatable bonds is 2. The van der Waals surface area contributed by atoms with Crippen molar-refractivity contribution >= 4 is 0 Å². The quantitative estimate of drug-likeness (QED) is 0.768. The number of benzene rings is 1. The fourth-order valence-electron chi connectivity index (χ4n) is 1.82. The zero-order valence-electron chi connectivity index (χ0n) is 8.93. The van der Waals surface area contributed by atoms with Crippen molar-refractivity contribution in [3.8, 4) is 0 Å². The van der Waals surface area contributed by atoms with Crippen molar-refractivity contribution < 1.29 is 18.9 Å². The van der Waals surface area contributed by atoms with Gasteiger partial charge in [0, 0.05) is 11.1 Å². The van der Waals surface area contributed by atoms with E-state index >= 15 is 0 Å². The Morgan fingerprint density at radius 2 is 1.25 bits per heavy atom. The fraction of sp³-hybridized carbons (Fsp3) is 0.500. The third kappa shape index (κ3) is 1.97. The lowest BCUT2D eigenvalue weighted by Gasteiger charge is -2.28. The van der Waals surface area contributed by atoms with E-state index in [2.05, 4.69) is 0 Å². The van der Waals surface area contributed by atoms with Crippen LogP contribution in [0.4, 0.5) is 0 Å². The molecular formula is C12H14O4. The molecule has 2 heterocycles. The van der Waals surface area contributed by atoms with Crippen molar-refractivity contribution in [1.82, 2.24) is 0 Å². The molecule has 16 heavy (non-hydrogen) atoms. The lowest BCUT2D eigenvalue weighted by Crippen LogP contribution is -2.22. The lowest BCUT2D eigenvalue weighted by atomic mass is 10.1. The van der Waals surface area contributed by atoms with E-state index in [1.54, 1.807) is 0 Å². The highest BCUT2D eigenvalue weighted by Gasteiger charge is 2.22. The van der Waals surface area contributed by atoms with Gasteiger partial charge in [0.25, 0.3) is 0 Å². The Balaban J connectivity index is 1.70. The van der Waals surface area contributed by atoms with Crippen molar-refractivity contribution in [1.29, 1.82) is 0 Å². The molecule has 2 saturated heterocycles. The van der Waals surface area contributed by atoms with E-state index in [0.717, 1.165) is 30.8 Å². The highest BCUT2D eigenvalue weighted by atomic mass is 16.8. The van der Waals surface area contributed by atoms with E-state index in [0.29, 0.717) is 6.79 Å². The van der Waals surface area contributed by atoms with Gasteiger partial charge in [0.05, 0.1) is 13.2 Å². The first-order chi connectivity index (χ1) is 7.93. The largest absolute Gasteiger partial charge is 0.348 e. The van der Waals surface area contributed by atoms with Crippen molar-refractivity contribution in [2.75, 3.05) is 20.0 Å². The van der Waals surface area contributed by atoms with Crippen LogP contribution in [0.2, 0.25) is 0 Å². The summed E-state index contributed by atoms with van der Waals surface area (Å²) in [4.78, 5) is 0. The van der Waals surface area contributed by atoms with Crippen molar-refractivity contribution in [3.63, 3.8) is 0 Å². The summed E-state index contributed by atoms with van der Waals surface area (Å²) in [5.74, 6) is 0. The summed E-state index contributed by atoms with van der Waals surface area (Å²) >= 11 is 0. The molecule has 0 spiro atoms. The van der Waals surface area contributed by atoms with Gasteiger partial charge in [0.2, 0.25) is 0 Å². The Morgan fingerprint density at radius 1 is 0.750 bits per heavy atom. The molecular weight excluding hydrogens is 208 g/mol. The fourth-order valence-corrected chi connectivity index (χ4v) is 1.82. The number of hydrogen-bond acceptors (Lipinski definition) is 4. The van der Waals surface area contributed by atoms with Crippen LogP contribution in [0.1, 0.15) is 30.1 Å². The van der Waals surface area contributed by atoms with Gasteiger partial charge in [0.15, 0.2) is 19.4 Å². The summed E-state index contributed by atoms with van der Waals surface area (Å²) in [7, 11) is 0. The smallest absolute Gasteiger partial charge is 0.189 e. The van der Waals surface area contributed by atoms with E-state index in [1.807, 2.05) is 24.3 Å². The SMILES string of the molecule is c1cc(C2OCO2)ccc1C1OCCCO1. The average Bonchev–Trinajstić information content (AvgIpc) is 2.29. The number of hydrogen-bond donors (Lipinski definition) is 0. The van der Waals surface area contributed by atoms with E-state index in [4.69, 9.17) is 18.9 Å². The van der Waals surface area contributed by atoms with Crippen LogP contribution in [0.25, 0.3) is 0 Å². The van der Waals surface area contributed by atoms with Crippen LogP contribution in [-0.4, -0.2) is 20.0 Å². The van der Waals surface area contributed by atoms with Crippen LogP contribution in [-0.2, 0) is 18.9 Å². The summed E-state index contributed by atoms with van der Waals surface area (Å²) < 4.78 is 21.5. The second kappa shape index (κ2) is 4.51. The Kier molecular flexibility index (Phi) is 2.88. The summed E-state index contributed by atoms with van der Waals surface area (Å²) in [5, 5.41) is 0. The predicted octanol–water partition coefficient (Wildman–Crippen LogP) is 2.12. The molecule has 0 radical (unpaired) electrons. The van der Waals surface area contributed by atoms with Gasteiger partial charge in [0.1, 0.15) is 0 Å². The predicted molar refractivity (Wildman–Crippen MR) is 55.5 cm³/mol. The van der Waals surface area contributed by atoms with Crippen LogP contribution in [0.3, 0.4) is 0 Å². The van der Waals surface area contributed by atoms with Crippen molar-refractivity contribution in [2.45, 2.75) is 19.0 Å². The summed E-state index contributed by atoms with van der Waals surface area (Å²) in [5.41, 5.74) is 2.08. The Hall–Kier alpha value is -0.940. The van der Waals surface area contributed by atoms with Crippen LogP contribution in [0.15, 0.2) is 24.3 Å². The van der Waals surface area contributed by atoms with Crippen molar-refractivity contribution in [2.24, 2.45) is 0 Å². The average molecular weight is 222 g/mol. The lowest BCUT2D eigenvalue weighted by molar-refractivity contribution is -0.326. The third-order valence-corrected chi connectivity index (χ3v) is 2.75. The molecule has 1 aromatic carbocycles. The van der Waals surface area contributed by atoms with Gasteiger partial charge in [-0.15, -0.1) is 0 Å². The van der Waals surface area contributed by atoms with E-state index < -0.39 is 0 Å². The first-order valence-corrected chi connectivity index (χ1v) is 5.50. The highest BCUT2D eigenvalue weighted by Crippen LogP contribution is 2.28. The third-order valence-electron chi connectivity index (χ3n) is 2.75. The Morgan fingerprint density at radius 3 is 1.69 bits per heavy atom. The zero-order valence-corrected chi connectivity index (χ0v) is 8.93. The molecule has 1 aromatic rings. The van der Waals surface area contributed by atoms with E-state index in [1.165, 1.54) is 0 Å². The molecule has 2 aliphatic heterocycles. The molecule has 0 atom stereocenters. The second-order valence-corrected chi connectivity index (χ2v) is 3.88. The Labute approximate surface area is 94.1 Å². The van der Waals surface area contributed by atoms with E-state index in [-0.39, 0.29) is 12.6 Å². The molecule has 4 nitrogen and oxygen atoms in total. The first-order valence-electron chi connectivity index (χ1n) is 5.50. The molecule has 2 aliphatic rings. The maximum Gasteiger partial charge on any atom is 0.189 e. The molecule has 4 heteroatoms. The van der Waals surface area contributed by atoms with Gasteiger partial charge in [-0.1, -0.05) is 24.3 Å². The molecule has 0 N–H and O–H groups in total. The van der Waals surface area contributed by atoms with Gasteiger partial charge < -0.3 is 18.9 Å². The molecule has 0 amide bonds.